The molecule has 2 heterocycles. The van der Waals surface area contributed by atoms with Crippen molar-refractivity contribution >= 4 is 28.6 Å². The molecular formula is C15H19NO2S2. The van der Waals surface area contributed by atoms with Crippen LogP contribution in [0.1, 0.15) is 18.7 Å². The van der Waals surface area contributed by atoms with Gasteiger partial charge in [0.05, 0.1) is 7.11 Å². The van der Waals surface area contributed by atoms with Crippen LogP contribution < -0.4 is 5.32 Å². The molecule has 2 aromatic rings. The Balaban J connectivity index is 1.98. The van der Waals surface area contributed by atoms with E-state index in [1.807, 2.05) is 13.8 Å². The van der Waals surface area contributed by atoms with Crippen molar-refractivity contribution in [2.75, 3.05) is 7.11 Å². The maximum Gasteiger partial charge on any atom is 0.323 e. The Bertz CT molecular complexity index is 546. The van der Waals surface area contributed by atoms with Crippen LogP contribution in [0.2, 0.25) is 0 Å². The van der Waals surface area contributed by atoms with Crippen LogP contribution in [0.25, 0.3) is 10.4 Å². The normalized spacial score (nSPS) is 12.6. The van der Waals surface area contributed by atoms with Gasteiger partial charge >= 0.3 is 5.97 Å². The Hall–Kier alpha value is -1.17. The lowest BCUT2D eigenvalue weighted by molar-refractivity contribution is -0.144. The second-order valence-electron chi connectivity index (χ2n) is 4.90. The van der Waals surface area contributed by atoms with Gasteiger partial charge in [0.2, 0.25) is 0 Å². The van der Waals surface area contributed by atoms with E-state index >= 15 is 0 Å². The molecular weight excluding hydrogens is 290 g/mol. The first-order valence-corrected chi connectivity index (χ1v) is 8.30. The Morgan fingerprint density at radius 3 is 2.80 bits per heavy atom. The van der Waals surface area contributed by atoms with Crippen molar-refractivity contribution in [1.82, 2.24) is 5.32 Å². The number of methoxy groups -OCH3 is 1. The number of hydrogen-bond donors (Lipinski definition) is 1. The molecule has 0 saturated heterocycles. The molecule has 3 nitrogen and oxygen atoms in total. The van der Waals surface area contributed by atoms with Crippen LogP contribution in [0, 0.1) is 5.92 Å². The van der Waals surface area contributed by atoms with Gasteiger partial charge in [-0.1, -0.05) is 19.9 Å². The number of hydrogen-bond acceptors (Lipinski definition) is 5. The smallest absolute Gasteiger partial charge is 0.323 e. The standard InChI is InChI=1S/C15H19NO2S2/c1-10(2)14(15(17)18-3)16-8-12-7-11(9-20-12)13-5-4-6-19-13/h4-7,9-10,14,16H,8H2,1-3H3/t14-/m0/s1. The van der Waals surface area contributed by atoms with E-state index in [-0.39, 0.29) is 17.9 Å². The van der Waals surface area contributed by atoms with Crippen molar-refractivity contribution in [2.24, 2.45) is 5.92 Å². The number of esters is 1. The largest absolute Gasteiger partial charge is 0.468 e. The molecule has 0 bridgehead atoms. The van der Waals surface area contributed by atoms with Crippen molar-refractivity contribution in [2.45, 2.75) is 26.4 Å². The summed E-state index contributed by atoms with van der Waals surface area (Å²) >= 11 is 3.45. The summed E-state index contributed by atoms with van der Waals surface area (Å²) < 4.78 is 4.83. The topological polar surface area (TPSA) is 38.3 Å². The Labute approximate surface area is 127 Å². The van der Waals surface area contributed by atoms with Gasteiger partial charge in [-0.05, 0) is 28.8 Å². The summed E-state index contributed by atoms with van der Waals surface area (Å²) in [6.45, 7) is 4.72. The number of carbonyl (C=O) groups is 1. The number of ether oxygens (including phenoxy) is 1. The van der Waals surface area contributed by atoms with E-state index in [2.05, 4.69) is 34.3 Å². The zero-order valence-corrected chi connectivity index (χ0v) is 13.5. The third-order valence-corrected chi connectivity index (χ3v) is 4.93. The highest BCUT2D eigenvalue weighted by molar-refractivity contribution is 7.14. The van der Waals surface area contributed by atoms with E-state index in [0.717, 1.165) is 0 Å². The Morgan fingerprint density at radius 1 is 1.40 bits per heavy atom. The zero-order chi connectivity index (χ0) is 14.5. The fourth-order valence-corrected chi connectivity index (χ4v) is 3.60. The lowest BCUT2D eigenvalue weighted by Crippen LogP contribution is -2.41. The second kappa shape index (κ2) is 7.02. The summed E-state index contributed by atoms with van der Waals surface area (Å²) in [4.78, 5) is 14.2. The molecule has 20 heavy (non-hydrogen) atoms. The van der Waals surface area contributed by atoms with Gasteiger partial charge in [-0.3, -0.25) is 10.1 Å². The molecule has 2 aromatic heterocycles. The van der Waals surface area contributed by atoms with E-state index < -0.39 is 0 Å². The van der Waals surface area contributed by atoms with Crippen LogP contribution in [0.3, 0.4) is 0 Å². The van der Waals surface area contributed by atoms with E-state index in [9.17, 15) is 4.79 Å². The molecule has 0 saturated carbocycles. The highest BCUT2D eigenvalue weighted by Crippen LogP contribution is 2.29. The number of thiophene rings is 2. The lowest BCUT2D eigenvalue weighted by atomic mass is 10.0. The summed E-state index contributed by atoms with van der Waals surface area (Å²) in [7, 11) is 1.43. The van der Waals surface area contributed by atoms with Crippen molar-refractivity contribution in [1.29, 1.82) is 0 Å². The maximum atomic E-state index is 11.7. The summed E-state index contributed by atoms with van der Waals surface area (Å²) in [5.41, 5.74) is 1.25. The lowest BCUT2D eigenvalue weighted by Gasteiger charge is -2.19. The van der Waals surface area contributed by atoms with Crippen LogP contribution in [-0.2, 0) is 16.1 Å². The molecule has 0 spiro atoms. The molecule has 0 aromatic carbocycles. The minimum absolute atomic E-state index is 0.199. The maximum absolute atomic E-state index is 11.7. The van der Waals surface area contributed by atoms with Gasteiger partial charge in [0, 0.05) is 21.9 Å². The van der Waals surface area contributed by atoms with E-state index in [4.69, 9.17) is 4.74 Å². The average molecular weight is 309 g/mol. The predicted octanol–water partition coefficient (Wildman–Crippen LogP) is 3.76. The molecule has 2 rings (SSSR count). The highest BCUT2D eigenvalue weighted by atomic mass is 32.1. The first-order chi connectivity index (χ1) is 9.61. The van der Waals surface area contributed by atoms with Crippen LogP contribution in [-0.4, -0.2) is 19.1 Å². The van der Waals surface area contributed by atoms with E-state index in [1.54, 1.807) is 22.7 Å². The first kappa shape index (κ1) is 15.2. The molecule has 0 radical (unpaired) electrons. The van der Waals surface area contributed by atoms with Crippen LogP contribution in [0.5, 0.6) is 0 Å². The van der Waals surface area contributed by atoms with Gasteiger partial charge in [-0.15, -0.1) is 22.7 Å². The van der Waals surface area contributed by atoms with Gasteiger partial charge in [0.25, 0.3) is 0 Å². The second-order valence-corrected chi connectivity index (χ2v) is 6.85. The molecule has 1 N–H and O–H groups in total. The summed E-state index contributed by atoms with van der Waals surface area (Å²) in [5, 5.41) is 7.52. The molecule has 0 fully saturated rings. The zero-order valence-electron chi connectivity index (χ0n) is 11.9. The number of carbonyl (C=O) groups excluding carboxylic acids is 1. The van der Waals surface area contributed by atoms with E-state index in [1.165, 1.54) is 22.4 Å². The SMILES string of the molecule is COC(=O)[C@@H](NCc1cc(-c2cccs2)cs1)C(C)C. The monoisotopic (exact) mass is 309 g/mol. The molecule has 5 heteroatoms. The Morgan fingerprint density at radius 2 is 2.20 bits per heavy atom. The van der Waals surface area contributed by atoms with Gasteiger partial charge in [-0.2, -0.15) is 0 Å². The molecule has 0 aliphatic heterocycles. The van der Waals surface area contributed by atoms with Crippen molar-refractivity contribution in [3.63, 3.8) is 0 Å². The fourth-order valence-electron chi connectivity index (χ4n) is 1.97. The molecule has 0 aliphatic rings. The first-order valence-electron chi connectivity index (χ1n) is 6.54. The van der Waals surface area contributed by atoms with Crippen LogP contribution in [0.4, 0.5) is 0 Å². The fraction of sp³-hybridized carbons (Fsp3) is 0.400. The summed E-state index contributed by atoms with van der Waals surface area (Å²) in [5.74, 6) is 0.00853. The van der Waals surface area contributed by atoms with E-state index in [0.29, 0.717) is 6.54 Å². The van der Waals surface area contributed by atoms with Crippen LogP contribution >= 0.6 is 22.7 Å². The van der Waals surface area contributed by atoms with Crippen molar-refractivity contribution < 1.29 is 9.53 Å². The molecule has 108 valence electrons. The third kappa shape index (κ3) is 3.69. The van der Waals surface area contributed by atoms with Crippen LogP contribution in [0.15, 0.2) is 29.0 Å². The Kier molecular flexibility index (Phi) is 5.34. The van der Waals surface area contributed by atoms with Crippen molar-refractivity contribution in [3.05, 3.63) is 33.8 Å². The number of nitrogens with one attached hydrogen (secondary N) is 1. The van der Waals surface area contributed by atoms with Gasteiger partial charge < -0.3 is 4.74 Å². The molecule has 0 unspecified atom stereocenters. The minimum atomic E-state index is -0.257. The van der Waals surface area contributed by atoms with Gasteiger partial charge in [-0.25, -0.2) is 0 Å². The van der Waals surface area contributed by atoms with Gasteiger partial charge in [0.15, 0.2) is 0 Å². The molecule has 0 amide bonds. The predicted molar refractivity (Wildman–Crippen MR) is 85.1 cm³/mol. The summed E-state index contributed by atoms with van der Waals surface area (Å²) in [6.07, 6.45) is 0. The summed E-state index contributed by atoms with van der Waals surface area (Å²) in [6, 6.07) is 6.10. The number of rotatable bonds is 6. The molecule has 1 atom stereocenters. The average Bonchev–Trinajstić information content (AvgIpc) is 3.08. The third-order valence-electron chi connectivity index (χ3n) is 3.08. The minimum Gasteiger partial charge on any atom is -0.468 e. The van der Waals surface area contributed by atoms with Gasteiger partial charge in [0.1, 0.15) is 6.04 Å². The van der Waals surface area contributed by atoms with Crippen molar-refractivity contribution in [3.8, 4) is 10.4 Å². The highest BCUT2D eigenvalue weighted by Gasteiger charge is 2.22. The molecule has 0 aliphatic carbocycles. The quantitative estimate of drug-likeness (QED) is 0.826.